The van der Waals surface area contributed by atoms with Crippen molar-refractivity contribution < 1.29 is 14.4 Å². The van der Waals surface area contributed by atoms with E-state index < -0.39 is 6.10 Å². The molecule has 1 unspecified atom stereocenters. The average Bonchev–Trinajstić information content (AvgIpc) is 2.87. The molecule has 0 amide bonds. The minimum Gasteiger partial charge on any atom is -0.481 e. The van der Waals surface area contributed by atoms with Gasteiger partial charge in [0.1, 0.15) is 12.0 Å². The molecular formula is C11H11N5O3. The van der Waals surface area contributed by atoms with Crippen molar-refractivity contribution in [1.29, 1.82) is 5.26 Å². The summed E-state index contributed by atoms with van der Waals surface area (Å²) < 4.78 is 9.94. The van der Waals surface area contributed by atoms with Gasteiger partial charge in [0.15, 0.2) is 0 Å². The highest BCUT2D eigenvalue weighted by atomic mass is 16.5. The van der Waals surface area contributed by atoms with Gasteiger partial charge in [-0.15, -0.1) is 0 Å². The Morgan fingerprint density at radius 2 is 2.37 bits per heavy atom. The molecule has 0 radical (unpaired) electrons. The van der Waals surface area contributed by atoms with Gasteiger partial charge in [0.25, 0.3) is 0 Å². The van der Waals surface area contributed by atoms with Crippen LogP contribution in [0, 0.1) is 11.3 Å². The van der Waals surface area contributed by atoms with Gasteiger partial charge < -0.3 is 14.4 Å². The summed E-state index contributed by atoms with van der Waals surface area (Å²) in [5.74, 6) is 0.913. The minimum atomic E-state index is -0.821. The number of aliphatic hydroxyl groups is 1. The third-order valence-corrected chi connectivity index (χ3v) is 2.29. The van der Waals surface area contributed by atoms with E-state index >= 15 is 0 Å². The largest absolute Gasteiger partial charge is 0.481 e. The Labute approximate surface area is 108 Å². The average molecular weight is 261 g/mol. The molecule has 8 heteroatoms. The summed E-state index contributed by atoms with van der Waals surface area (Å²) >= 11 is 0. The second kappa shape index (κ2) is 5.88. The summed E-state index contributed by atoms with van der Waals surface area (Å²) in [5.41, 5.74) is 0.455. The van der Waals surface area contributed by atoms with Crippen molar-refractivity contribution in [2.24, 2.45) is 0 Å². The molecule has 2 aromatic rings. The van der Waals surface area contributed by atoms with Crippen molar-refractivity contribution in [2.75, 3.05) is 7.11 Å². The zero-order valence-electron chi connectivity index (χ0n) is 10.1. The van der Waals surface area contributed by atoms with Crippen LogP contribution in [0.3, 0.4) is 0 Å². The van der Waals surface area contributed by atoms with Gasteiger partial charge in [-0.3, -0.25) is 0 Å². The summed E-state index contributed by atoms with van der Waals surface area (Å²) in [6.07, 6.45) is 0.648. The molecule has 1 N–H and O–H groups in total. The maximum atomic E-state index is 9.47. The molecule has 0 saturated carbocycles. The van der Waals surface area contributed by atoms with Gasteiger partial charge in [-0.1, -0.05) is 5.16 Å². The van der Waals surface area contributed by atoms with E-state index in [0.29, 0.717) is 11.6 Å². The minimum absolute atomic E-state index is 0.0129. The number of ether oxygens (including phenoxy) is 1. The fourth-order valence-electron chi connectivity index (χ4n) is 1.39. The molecule has 0 aliphatic carbocycles. The second-order valence-corrected chi connectivity index (χ2v) is 3.68. The first-order valence-corrected chi connectivity index (χ1v) is 5.47. The molecule has 0 bridgehead atoms. The fourth-order valence-corrected chi connectivity index (χ4v) is 1.39. The van der Waals surface area contributed by atoms with Crippen molar-refractivity contribution in [2.45, 2.75) is 18.9 Å². The molecule has 1 atom stereocenters. The quantitative estimate of drug-likeness (QED) is 0.819. The van der Waals surface area contributed by atoms with Crippen molar-refractivity contribution in [3.05, 3.63) is 18.3 Å². The molecule has 0 aromatic carbocycles. The maximum absolute atomic E-state index is 9.47. The third kappa shape index (κ3) is 3.23. The lowest BCUT2D eigenvalue weighted by molar-refractivity contribution is 0.167. The fraction of sp³-hybridized carbons (Fsp3) is 0.364. The van der Waals surface area contributed by atoms with Crippen LogP contribution in [0.1, 0.15) is 12.3 Å². The standard InChI is InChI=1S/C11H11N5O3/c1-18-9-5-8(13-6-14-9)11-15-10(19-16-11)4-7(17)2-3-12/h5-7,17H,2,4H2,1H3. The summed E-state index contributed by atoms with van der Waals surface area (Å²) in [4.78, 5) is 11.9. The number of aliphatic hydroxyl groups excluding tert-OH is 1. The van der Waals surface area contributed by atoms with Crippen LogP contribution in [0.2, 0.25) is 0 Å². The summed E-state index contributed by atoms with van der Waals surface area (Å²) in [5, 5.41) is 21.7. The normalized spacial score (nSPS) is 11.8. The van der Waals surface area contributed by atoms with Gasteiger partial charge in [-0.05, 0) is 0 Å². The number of aromatic nitrogens is 4. The van der Waals surface area contributed by atoms with Gasteiger partial charge in [0.2, 0.25) is 17.6 Å². The predicted molar refractivity (Wildman–Crippen MR) is 61.8 cm³/mol. The molecule has 2 heterocycles. The molecule has 19 heavy (non-hydrogen) atoms. The van der Waals surface area contributed by atoms with Gasteiger partial charge in [0, 0.05) is 6.07 Å². The molecule has 0 spiro atoms. The van der Waals surface area contributed by atoms with E-state index in [9.17, 15) is 5.11 Å². The Morgan fingerprint density at radius 3 is 3.11 bits per heavy atom. The van der Waals surface area contributed by atoms with E-state index in [-0.39, 0.29) is 24.6 Å². The van der Waals surface area contributed by atoms with Gasteiger partial charge in [-0.2, -0.15) is 10.2 Å². The van der Waals surface area contributed by atoms with E-state index in [4.69, 9.17) is 14.5 Å². The lowest BCUT2D eigenvalue weighted by Gasteiger charge is -2.00. The predicted octanol–water partition coefficient (Wildman–Crippen LogP) is 0.352. The molecule has 0 aliphatic rings. The first-order chi connectivity index (χ1) is 9.22. The van der Waals surface area contributed by atoms with Crippen LogP contribution >= 0.6 is 0 Å². The number of hydrogen-bond acceptors (Lipinski definition) is 8. The van der Waals surface area contributed by atoms with Crippen LogP contribution in [0.25, 0.3) is 11.5 Å². The number of hydrogen-bond donors (Lipinski definition) is 1. The van der Waals surface area contributed by atoms with Gasteiger partial charge >= 0.3 is 0 Å². The second-order valence-electron chi connectivity index (χ2n) is 3.68. The third-order valence-electron chi connectivity index (χ3n) is 2.29. The Kier molecular flexibility index (Phi) is 4.00. The number of nitrogens with zero attached hydrogens (tertiary/aromatic N) is 5. The van der Waals surface area contributed by atoms with E-state index in [1.54, 1.807) is 6.07 Å². The SMILES string of the molecule is COc1cc(-c2noc(CC(O)CC#N)n2)ncn1. The van der Waals surface area contributed by atoms with E-state index in [2.05, 4.69) is 20.1 Å². The highest BCUT2D eigenvalue weighted by Gasteiger charge is 2.14. The highest BCUT2D eigenvalue weighted by Crippen LogP contribution is 2.17. The molecule has 0 saturated heterocycles. The zero-order chi connectivity index (χ0) is 13.7. The lowest BCUT2D eigenvalue weighted by atomic mass is 10.2. The van der Waals surface area contributed by atoms with Gasteiger partial charge in [-0.25, -0.2) is 9.97 Å². The van der Waals surface area contributed by atoms with Gasteiger partial charge in [0.05, 0.1) is 32.1 Å². The van der Waals surface area contributed by atoms with Crippen LogP contribution in [-0.4, -0.2) is 38.4 Å². The van der Waals surface area contributed by atoms with Crippen molar-refractivity contribution in [3.63, 3.8) is 0 Å². The zero-order valence-corrected chi connectivity index (χ0v) is 10.1. The first-order valence-electron chi connectivity index (χ1n) is 5.47. The van der Waals surface area contributed by atoms with Crippen LogP contribution in [0.15, 0.2) is 16.9 Å². The molecule has 98 valence electrons. The van der Waals surface area contributed by atoms with Crippen molar-refractivity contribution in [1.82, 2.24) is 20.1 Å². The van der Waals surface area contributed by atoms with E-state index in [1.807, 2.05) is 6.07 Å². The van der Waals surface area contributed by atoms with Crippen LogP contribution < -0.4 is 4.74 Å². The number of rotatable bonds is 5. The van der Waals surface area contributed by atoms with E-state index in [0.717, 1.165) is 0 Å². The molecule has 2 rings (SSSR count). The maximum Gasteiger partial charge on any atom is 0.229 e. The molecular weight excluding hydrogens is 250 g/mol. The van der Waals surface area contributed by atoms with Crippen molar-refractivity contribution >= 4 is 0 Å². The molecule has 8 nitrogen and oxygen atoms in total. The topological polar surface area (TPSA) is 118 Å². The molecule has 0 fully saturated rings. The monoisotopic (exact) mass is 261 g/mol. The Bertz CT molecular complexity index is 592. The van der Waals surface area contributed by atoms with Crippen LogP contribution in [0.5, 0.6) is 5.88 Å². The smallest absolute Gasteiger partial charge is 0.229 e. The Morgan fingerprint density at radius 1 is 1.53 bits per heavy atom. The number of nitriles is 1. The summed E-state index contributed by atoms with van der Waals surface area (Å²) in [6, 6.07) is 3.43. The molecule has 0 aliphatic heterocycles. The van der Waals surface area contributed by atoms with Crippen LogP contribution in [-0.2, 0) is 6.42 Å². The summed E-state index contributed by atoms with van der Waals surface area (Å²) in [7, 11) is 1.49. The first kappa shape index (κ1) is 12.9. The van der Waals surface area contributed by atoms with Crippen LogP contribution in [0.4, 0.5) is 0 Å². The summed E-state index contributed by atoms with van der Waals surface area (Å²) in [6.45, 7) is 0. The van der Waals surface area contributed by atoms with E-state index in [1.165, 1.54) is 13.4 Å². The number of methoxy groups -OCH3 is 1. The Balaban J connectivity index is 2.14. The highest BCUT2D eigenvalue weighted by molar-refractivity contribution is 5.49. The van der Waals surface area contributed by atoms with Crippen molar-refractivity contribution in [3.8, 4) is 23.5 Å². The molecule has 2 aromatic heterocycles. The Hall–Kier alpha value is -2.53. The lowest BCUT2D eigenvalue weighted by Crippen LogP contribution is -2.09.